The number of carbonyl (C=O) groups is 1. The molecule has 0 fully saturated rings. The Balaban J connectivity index is 1.97. The zero-order valence-corrected chi connectivity index (χ0v) is 12.7. The van der Waals surface area contributed by atoms with Crippen molar-refractivity contribution >= 4 is 27.6 Å². The maximum atomic E-state index is 10.8. The van der Waals surface area contributed by atoms with E-state index in [2.05, 4.69) is 27.3 Å². The molecule has 0 amide bonds. The number of benzene rings is 2. The maximum Gasteiger partial charge on any atom is 0.335 e. The van der Waals surface area contributed by atoms with Crippen molar-refractivity contribution < 1.29 is 9.90 Å². The number of hydrogen-bond acceptors (Lipinski definition) is 3. The lowest BCUT2D eigenvalue weighted by molar-refractivity contribution is 0.0697. The summed E-state index contributed by atoms with van der Waals surface area (Å²) in [5.74, 6) is -0.924. The Morgan fingerprint density at radius 1 is 1.24 bits per heavy atom. The number of nitrogens with one attached hydrogen (secondary N) is 1. The van der Waals surface area contributed by atoms with Gasteiger partial charge in [0.1, 0.15) is 6.07 Å². The Labute approximate surface area is 131 Å². The van der Waals surface area contributed by atoms with Crippen molar-refractivity contribution in [2.75, 3.05) is 11.9 Å². The molecule has 21 heavy (non-hydrogen) atoms. The van der Waals surface area contributed by atoms with Crippen LogP contribution >= 0.6 is 15.9 Å². The Bertz CT molecular complexity index is 690. The van der Waals surface area contributed by atoms with Crippen LogP contribution in [-0.4, -0.2) is 17.6 Å². The zero-order valence-electron chi connectivity index (χ0n) is 11.1. The van der Waals surface area contributed by atoms with Gasteiger partial charge in [-0.25, -0.2) is 4.79 Å². The van der Waals surface area contributed by atoms with Gasteiger partial charge < -0.3 is 10.4 Å². The van der Waals surface area contributed by atoms with Crippen LogP contribution in [0.4, 0.5) is 5.69 Å². The maximum absolute atomic E-state index is 10.8. The normalized spacial score (nSPS) is 9.90. The minimum absolute atomic E-state index is 0.283. The van der Waals surface area contributed by atoms with Crippen molar-refractivity contribution in [1.82, 2.24) is 0 Å². The van der Waals surface area contributed by atoms with E-state index in [0.29, 0.717) is 12.1 Å². The van der Waals surface area contributed by atoms with Crippen LogP contribution in [0.15, 0.2) is 46.9 Å². The molecule has 0 aliphatic carbocycles. The fraction of sp³-hybridized carbons (Fsp3) is 0.125. The predicted octanol–water partition coefficient (Wildman–Crippen LogP) is 3.67. The van der Waals surface area contributed by atoms with E-state index >= 15 is 0 Å². The first kappa shape index (κ1) is 15.1. The summed E-state index contributed by atoms with van der Waals surface area (Å²) in [6.45, 7) is 0.664. The molecule has 0 aliphatic heterocycles. The number of carboxylic acid groups (broad SMARTS) is 1. The third-order valence-corrected chi connectivity index (χ3v) is 3.72. The fourth-order valence-corrected chi connectivity index (χ4v) is 2.40. The monoisotopic (exact) mass is 344 g/mol. The van der Waals surface area contributed by atoms with Gasteiger partial charge >= 0.3 is 5.97 Å². The lowest BCUT2D eigenvalue weighted by Gasteiger charge is -2.09. The SMILES string of the molecule is N#Cc1c(Br)cccc1NCCc1ccc(C(=O)O)cc1. The highest BCUT2D eigenvalue weighted by molar-refractivity contribution is 9.10. The van der Waals surface area contributed by atoms with E-state index in [1.54, 1.807) is 24.3 Å². The van der Waals surface area contributed by atoms with Crippen LogP contribution in [0.5, 0.6) is 0 Å². The van der Waals surface area contributed by atoms with Gasteiger partial charge in [0, 0.05) is 11.0 Å². The standard InChI is InChI=1S/C16H13BrN2O2/c17-14-2-1-3-15(13(14)10-18)19-9-8-11-4-6-12(7-5-11)16(20)21/h1-7,19H,8-9H2,(H,20,21). The summed E-state index contributed by atoms with van der Waals surface area (Å²) in [7, 11) is 0. The van der Waals surface area contributed by atoms with E-state index < -0.39 is 5.97 Å². The van der Waals surface area contributed by atoms with E-state index in [9.17, 15) is 4.79 Å². The molecule has 0 bridgehead atoms. The molecule has 0 atom stereocenters. The third kappa shape index (κ3) is 3.83. The third-order valence-electron chi connectivity index (χ3n) is 3.06. The van der Waals surface area contributed by atoms with Gasteiger partial charge in [0.15, 0.2) is 0 Å². The molecule has 0 aliphatic rings. The summed E-state index contributed by atoms with van der Waals surface area (Å²) in [6.07, 6.45) is 0.747. The topological polar surface area (TPSA) is 73.1 Å². The van der Waals surface area contributed by atoms with E-state index in [4.69, 9.17) is 10.4 Å². The lowest BCUT2D eigenvalue weighted by Crippen LogP contribution is -2.06. The molecule has 0 saturated heterocycles. The van der Waals surface area contributed by atoms with E-state index in [0.717, 1.165) is 22.1 Å². The van der Waals surface area contributed by atoms with Crippen molar-refractivity contribution in [1.29, 1.82) is 5.26 Å². The van der Waals surface area contributed by atoms with Crippen molar-refractivity contribution in [2.45, 2.75) is 6.42 Å². The highest BCUT2D eigenvalue weighted by atomic mass is 79.9. The minimum atomic E-state index is -0.924. The molecular formula is C16H13BrN2O2. The molecule has 0 spiro atoms. The van der Waals surface area contributed by atoms with Crippen LogP contribution in [-0.2, 0) is 6.42 Å². The molecule has 0 aromatic heterocycles. The first-order valence-electron chi connectivity index (χ1n) is 6.36. The second-order valence-corrected chi connectivity index (χ2v) is 5.31. The van der Waals surface area contributed by atoms with E-state index in [-0.39, 0.29) is 5.56 Å². The molecule has 2 aromatic carbocycles. The van der Waals surface area contributed by atoms with Crippen molar-refractivity contribution in [3.63, 3.8) is 0 Å². The van der Waals surface area contributed by atoms with Gasteiger partial charge in [0.25, 0.3) is 0 Å². The largest absolute Gasteiger partial charge is 0.478 e. The van der Waals surface area contributed by atoms with Crippen molar-refractivity contribution in [3.8, 4) is 6.07 Å². The van der Waals surface area contributed by atoms with Gasteiger partial charge in [0.05, 0.1) is 16.8 Å². The number of carboxylic acids is 1. The molecule has 106 valence electrons. The number of halogens is 1. The molecular weight excluding hydrogens is 332 g/mol. The van der Waals surface area contributed by atoms with Gasteiger partial charge in [0.2, 0.25) is 0 Å². The van der Waals surface area contributed by atoms with E-state index in [1.807, 2.05) is 18.2 Å². The summed E-state index contributed by atoms with van der Waals surface area (Å²) in [4.78, 5) is 10.8. The molecule has 0 radical (unpaired) electrons. The highest BCUT2D eigenvalue weighted by Gasteiger charge is 2.05. The number of hydrogen-bond donors (Lipinski definition) is 2. The van der Waals surface area contributed by atoms with E-state index in [1.165, 1.54) is 0 Å². The minimum Gasteiger partial charge on any atom is -0.478 e. The Kier molecular flexibility index (Phi) is 4.96. The summed E-state index contributed by atoms with van der Waals surface area (Å²) < 4.78 is 0.765. The molecule has 2 rings (SSSR count). The average Bonchev–Trinajstić information content (AvgIpc) is 2.48. The summed E-state index contributed by atoms with van der Waals surface area (Å²) in [6, 6.07) is 14.5. The van der Waals surface area contributed by atoms with Gasteiger partial charge in [-0.1, -0.05) is 18.2 Å². The second-order valence-electron chi connectivity index (χ2n) is 4.45. The average molecular weight is 345 g/mol. The van der Waals surface area contributed by atoms with Crippen molar-refractivity contribution in [2.24, 2.45) is 0 Å². The molecule has 2 N–H and O–H groups in total. The smallest absolute Gasteiger partial charge is 0.335 e. The molecule has 2 aromatic rings. The van der Waals surface area contributed by atoms with Gasteiger partial charge in [-0.15, -0.1) is 0 Å². The van der Waals surface area contributed by atoms with Gasteiger partial charge in [-0.3, -0.25) is 0 Å². The molecule has 4 nitrogen and oxygen atoms in total. The van der Waals surface area contributed by atoms with Crippen LogP contribution in [0.2, 0.25) is 0 Å². The van der Waals surface area contributed by atoms with Crippen LogP contribution < -0.4 is 5.32 Å². The quantitative estimate of drug-likeness (QED) is 0.867. The second kappa shape index (κ2) is 6.91. The first-order valence-corrected chi connectivity index (χ1v) is 7.16. The molecule has 5 heteroatoms. The first-order chi connectivity index (χ1) is 10.1. The van der Waals surface area contributed by atoms with Crippen LogP contribution in [0.3, 0.4) is 0 Å². The Morgan fingerprint density at radius 2 is 1.95 bits per heavy atom. The fourth-order valence-electron chi connectivity index (χ4n) is 1.94. The number of nitriles is 1. The van der Waals surface area contributed by atoms with Gasteiger partial charge in [-0.05, 0) is 52.2 Å². The summed E-state index contributed by atoms with van der Waals surface area (Å²) in [5, 5.41) is 21.2. The number of aromatic carboxylic acids is 1. The molecule has 0 heterocycles. The number of rotatable bonds is 5. The Morgan fingerprint density at radius 3 is 2.57 bits per heavy atom. The number of nitrogens with zero attached hydrogens (tertiary/aromatic N) is 1. The number of anilines is 1. The Hall–Kier alpha value is -2.32. The van der Waals surface area contributed by atoms with Crippen LogP contribution in [0.1, 0.15) is 21.5 Å². The lowest BCUT2D eigenvalue weighted by atomic mass is 10.1. The summed E-state index contributed by atoms with van der Waals surface area (Å²) >= 11 is 3.35. The van der Waals surface area contributed by atoms with Crippen molar-refractivity contribution in [3.05, 3.63) is 63.6 Å². The van der Waals surface area contributed by atoms with Crippen LogP contribution in [0.25, 0.3) is 0 Å². The van der Waals surface area contributed by atoms with Crippen LogP contribution in [0, 0.1) is 11.3 Å². The zero-order chi connectivity index (χ0) is 15.2. The predicted molar refractivity (Wildman–Crippen MR) is 84.5 cm³/mol. The molecule has 0 unspecified atom stereocenters. The highest BCUT2D eigenvalue weighted by Crippen LogP contribution is 2.23. The van der Waals surface area contributed by atoms with Gasteiger partial charge in [-0.2, -0.15) is 5.26 Å². The molecule has 0 saturated carbocycles. The summed E-state index contributed by atoms with van der Waals surface area (Å²) in [5.41, 5.74) is 2.69.